The highest BCUT2D eigenvalue weighted by Crippen LogP contribution is 2.22. The lowest BCUT2D eigenvalue weighted by atomic mass is 10.2. The molecule has 0 saturated heterocycles. The van der Waals surface area contributed by atoms with E-state index in [2.05, 4.69) is 21.2 Å². The largest absolute Gasteiger partial charge is 0.491 e. The number of aryl methyl sites for hydroxylation is 1. The number of nitrogens with one attached hydrogen (secondary N) is 1. The van der Waals surface area contributed by atoms with Gasteiger partial charge in [0.15, 0.2) is 0 Å². The number of halogens is 2. The van der Waals surface area contributed by atoms with Crippen molar-refractivity contribution in [1.29, 1.82) is 0 Å². The molecule has 0 heterocycles. The highest BCUT2D eigenvalue weighted by molar-refractivity contribution is 9.10. The van der Waals surface area contributed by atoms with Gasteiger partial charge in [-0.3, -0.25) is 0 Å². The maximum atomic E-state index is 13.3. The smallest absolute Gasteiger partial charge is 0.146 e. The molecule has 0 saturated carbocycles. The fourth-order valence-electron chi connectivity index (χ4n) is 1.68. The van der Waals surface area contributed by atoms with Crippen molar-refractivity contribution in [3.05, 3.63) is 58.3 Å². The number of para-hydroxylation sites is 1. The van der Waals surface area contributed by atoms with Gasteiger partial charge in [0, 0.05) is 11.0 Å². The Labute approximate surface area is 120 Å². The van der Waals surface area contributed by atoms with Crippen LogP contribution >= 0.6 is 15.9 Å². The van der Waals surface area contributed by atoms with Crippen molar-refractivity contribution in [2.75, 3.05) is 18.5 Å². The van der Waals surface area contributed by atoms with Crippen LogP contribution in [0, 0.1) is 12.7 Å². The molecule has 0 spiro atoms. The van der Waals surface area contributed by atoms with Gasteiger partial charge >= 0.3 is 0 Å². The van der Waals surface area contributed by atoms with Gasteiger partial charge in [-0.15, -0.1) is 0 Å². The Morgan fingerprint density at radius 1 is 1.21 bits per heavy atom. The molecular formula is C15H15BrFNO. The van der Waals surface area contributed by atoms with Crippen LogP contribution in [0.2, 0.25) is 0 Å². The third kappa shape index (κ3) is 3.96. The van der Waals surface area contributed by atoms with Crippen LogP contribution in [0.1, 0.15) is 5.56 Å². The van der Waals surface area contributed by atoms with Crippen LogP contribution in [0.3, 0.4) is 0 Å². The van der Waals surface area contributed by atoms with Crippen LogP contribution in [0.5, 0.6) is 5.75 Å². The van der Waals surface area contributed by atoms with Gasteiger partial charge in [-0.05, 0) is 36.8 Å². The quantitative estimate of drug-likeness (QED) is 0.824. The van der Waals surface area contributed by atoms with Gasteiger partial charge in [0.1, 0.15) is 18.2 Å². The Morgan fingerprint density at radius 3 is 2.79 bits per heavy atom. The van der Waals surface area contributed by atoms with Crippen LogP contribution in [0.4, 0.5) is 10.1 Å². The molecule has 0 bridgehead atoms. The molecule has 1 N–H and O–H groups in total. The number of hydrogen-bond donors (Lipinski definition) is 1. The van der Waals surface area contributed by atoms with E-state index in [1.807, 2.05) is 25.1 Å². The van der Waals surface area contributed by atoms with E-state index in [9.17, 15) is 4.39 Å². The molecule has 2 aromatic carbocycles. The van der Waals surface area contributed by atoms with Crippen molar-refractivity contribution >= 4 is 21.6 Å². The Morgan fingerprint density at radius 2 is 2.00 bits per heavy atom. The Hall–Kier alpha value is -1.55. The first-order valence-electron chi connectivity index (χ1n) is 6.04. The molecule has 0 fully saturated rings. The number of hydrogen-bond acceptors (Lipinski definition) is 2. The summed E-state index contributed by atoms with van der Waals surface area (Å²) < 4.78 is 20.0. The first kappa shape index (κ1) is 13.9. The lowest BCUT2D eigenvalue weighted by molar-refractivity contribution is 0.330. The first-order chi connectivity index (χ1) is 9.16. The number of rotatable bonds is 5. The van der Waals surface area contributed by atoms with E-state index in [4.69, 9.17) is 4.74 Å². The highest BCUT2D eigenvalue weighted by atomic mass is 79.9. The molecule has 100 valence electrons. The molecule has 0 atom stereocenters. The minimum Gasteiger partial charge on any atom is -0.491 e. The van der Waals surface area contributed by atoms with E-state index < -0.39 is 0 Å². The zero-order valence-electron chi connectivity index (χ0n) is 10.6. The van der Waals surface area contributed by atoms with E-state index in [0.717, 1.165) is 15.8 Å². The second-order valence-electron chi connectivity index (χ2n) is 4.16. The predicted octanol–water partition coefficient (Wildman–Crippen LogP) is 4.39. The molecule has 2 nitrogen and oxygen atoms in total. The van der Waals surface area contributed by atoms with Crippen LogP contribution in [0.25, 0.3) is 0 Å². The molecular weight excluding hydrogens is 309 g/mol. The molecule has 0 aliphatic carbocycles. The Balaban J connectivity index is 1.84. The van der Waals surface area contributed by atoms with E-state index in [1.165, 1.54) is 6.07 Å². The van der Waals surface area contributed by atoms with E-state index in [0.29, 0.717) is 18.8 Å². The summed E-state index contributed by atoms with van der Waals surface area (Å²) in [6.07, 6.45) is 0. The minimum absolute atomic E-state index is 0.249. The molecule has 0 aromatic heterocycles. The lowest BCUT2D eigenvalue weighted by Crippen LogP contribution is -2.12. The van der Waals surface area contributed by atoms with E-state index in [1.54, 1.807) is 18.2 Å². The minimum atomic E-state index is -0.249. The summed E-state index contributed by atoms with van der Waals surface area (Å²) in [6.45, 7) is 3.02. The molecule has 2 rings (SSSR count). The van der Waals surface area contributed by atoms with Gasteiger partial charge in [0.25, 0.3) is 0 Å². The van der Waals surface area contributed by atoms with E-state index in [-0.39, 0.29) is 5.82 Å². The topological polar surface area (TPSA) is 21.3 Å². The van der Waals surface area contributed by atoms with Crippen molar-refractivity contribution in [1.82, 2.24) is 0 Å². The molecule has 2 aromatic rings. The zero-order chi connectivity index (χ0) is 13.7. The SMILES string of the molecule is Cc1ccc(Br)cc1OCCNc1ccccc1F. The van der Waals surface area contributed by atoms with Gasteiger partial charge in [0.05, 0.1) is 5.69 Å². The second kappa shape index (κ2) is 6.57. The molecule has 0 amide bonds. The van der Waals surface area contributed by atoms with E-state index >= 15 is 0 Å². The number of anilines is 1. The maximum Gasteiger partial charge on any atom is 0.146 e. The van der Waals surface area contributed by atoms with Crippen LogP contribution in [0.15, 0.2) is 46.9 Å². The second-order valence-corrected chi connectivity index (χ2v) is 5.08. The third-order valence-corrected chi connectivity index (χ3v) is 3.19. The Bertz CT molecular complexity index is 560. The zero-order valence-corrected chi connectivity index (χ0v) is 12.2. The molecule has 4 heteroatoms. The summed E-state index contributed by atoms with van der Waals surface area (Å²) in [7, 11) is 0. The van der Waals surface area contributed by atoms with Crippen molar-refractivity contribution in [3.63, 3.8) is 0 Å². The van der Waals surface area contributed by atoms with Gasteiger partial charge in [0.2, 0.25) is 0 Å². The fraction of sp³-hybridized carbons (Fsp3) is 0.200. The summed E-state index contributed by atoms with van der Waals surface area (Å²) in [5.74, 6) is 0.589. The van der Waals surface area contributed by atoms with Crippen LogP contribution in [-0.2, 0) is 0 Å². The summed E-state index contributed by atoms with van der Waals surface area (Å²) in [4.78, 5) is 0. The Kier molecular flexibility index (Phi) is 4.80. The van der Waals surface area contributed by atoms with Crippen molar-refractivity contribution < 1.29 is 9.13 Å². The molecule has 0 aliphatic heterocycles. The molecule has 19 heavy (non-hydrogen) atoms. The molecule has 0 radical (unpaired) electrons. The van der Waals surface area contributed by atoms with Gasteiger partial charge in [-0.25, -0.2) is 4.39 Å². The van der Waals surface area contributed by atoms with Crippen molar-refractivity contribution in [2.45, 2.75) is 6.92 Å². The van der Waals surface area contributed by atoms with Gasteiger partial charge in [-0.1, -0.05) is 34.1 Å². The standard InChI is InChI=1S/C15H15BrFNO/c1-11-6-7-12(16)10-15(11)19-9-8-18-14-5-3-2-4-13(14)17/h2-7,10,18H,8-9H2,1H3. The average molecular weight is 324 g/mol. The maximum absolute atomic E-state index is 13.3. The predicted molar refractivity (Wildman–Crippen MR) is 79.3 cm³/mol. The molecule has 0 aliphatic rings. The molecule has 0 unspecified atom stereocenters. The fourth-order valence-corrected chi connectivity index (χ4v) is 2.02. The number of benzene rings is 2. The van der Waals surface area contributed by atoms with Crippen LogP contribution in [-0.4, -0.2) is 13.2 Å². The third-order valence-electron chi connectivity index (χ3n) is 2.70. The monoisotopic (exact) mass is 323 g/mol. The van der Waals surface area contributed by atoms with Gasteiger partial charge in [-0.2, -0.15) is 0 Å². The summed E-state index contributed by atoms with van der Waals surface area (Å²) in [6, 6.07) is 12.5. The summed E-state index contributed by atoms with van der Waals surface area (Å²) >= 11 is 3.41. The summed E-state index contributed by atoms with van der Waals surface area (Å²) in [5, 5.41) is 3.01. The summed E-state index contributed by atoms with van der Waals surface area (Å²) in [5.41, 5.74) is 1.58. The van der Waals surface area contributed by atoms with Crippen LogP contribution < -0.4 is 10.1 Å². The normalized spacial score (nSPS) is 10.3. The number of ether oxygens (including phenoxy) is 1. The highest BCUT2D eigenvalue weighted by Gasteiger charge is 2.01. The van der Waals surface area contributed by atoms with Crippen molar-refractivity contribution in [3.8, 4) is 5.75 Å². The average Bonchev–Trinajstić information content (AvgIpc) is 2.40. The van der Waals surface area contributed by atoms with Crippen molar-refractivity contribution in [2.24, 2.45) is 0 Å². The lowest BCUT2D eigenvalue weighted by Gasteiger charge is -2.11. The van der Waals surface area contributed by atoms with Gasteiger partial charge < -0.3 is 10.1 Å². The first-order valence-corrected chi connectivity index (χ1v) is 6.83.